The summed E-state index contributed by atoms with van der Waals surface area (Å²) in [6.45, 7) is 7.05. The molecule has 1 aromatic heterocycles. The average molecular weight is 1440 g/mol. The summed E-state index contributed by atoms with van der Waals surface area (Å²) in [6, 6.07) is 13.0. The molecule has 32 heteroatoms. The smallest absolute Gasteiger partial charge is 0.345 e. The van der Waals surface area contributed by atoms with Gasteiger partial charge in [-0.15, -0.1) is 0 Å². The fourth-order valence-corrected chi connectivity index (χ4v) is 10.0. The molecule has 0 aliphatic rings. The molecule has 4 aromatic rings. The lowest BCUT2D eigenvalue weighted by Gasteiger charge is -2.27. The number of aryl methyl sites for hydroxylation is 3. The molecule has 1 heterocycles. The van der Waals surface area contributed by atoms with E-state index in [0.717, 1.165) is 0 Å². The van der Waals surface area contributed by atoms with Gasteiger partial charge in [-0.1, -0.05) is 0 Å². The molecule has 0 saturated heterocycles. The standard InChI is InChI=1S/C67H106N2O29S/c1-49-34-51(66(71)68-16-18-70)35-50(2)65(49)98-67(72)64-58-36-52(94-62(96-56(42-87-29-22-79-6)43-88-30-23-80-7)46-92-54(38-84-26-19-76-3)39-85-27-20-77-4)12-14-60(58)69(17-11-33-99(73,74)75)61-15-13-53(37-59(61)64)95-63(47-93-55(41-91-48-83-10)40-86-28-21-78-5)97-57(44-89-31-24-81-8)45-90-32-25-82-9/h12-15,34-37,54-57,62-63,70H,11,16-33,38-48H2,1-10H3,(H-,68,71,73,74,75)/p+1. The summed E-state index contributed by atoms with van der Waals surface area (Å²) in [4.78, 5) is 29.0. The van der Waals surface area contributed by atoms with E-state index in [9.17, 15) is 22.9 Å². The third-order valence-corrected chi connectivity index (χ3v) is 15.0. The molecular formula is C67H107N2O29S+. The number of amides is 1. The van der Waals surface area contributed by atoms with E-state index < -0.39 is 64.7 Å². The van der Waals surface area contributed by atoms with Gasteiger partial charge in [0.15, 0.2) is 6.54 Å². The molecule has 0 spiro atoms. The Hall–Kier alpha value is -5.06. The SMILES string of the molecule is COCCOCC(COCCOC)OCC(Oc1ccc2c(c1)c(C(=O)Oc1c(C)cc(C(=O)NCCO)cc1C)c1cc(OC(COC(COCCOC)COCOC)OC(COCCOC)COCCOC)ccc1[n+]2CCCS(=O)(=O)O)OC(COCCOC)COCCOC. The molecule has 3 unspecified atom stereocenters. The number of nitrogens with zero attached hydrogens (tertiary/aromatic N) is 1. The van der Waals surface area contributed by atoms with Crippen LogP contribution in [0.3, 0.4) is 0 Å². The van der Waals surface area contributed by atoms with Gasteiger partial charge in [0.2, 0.25) is 23.6 Å². The van der Waals surface area contributed by atoms with Crippen LogP contribution in [0.1, 0.15) is 38.3 Å². The number of ether oxygens (including phenoxy) is 23. The molecule has 3 N–H and O–H groups in total. The van der Waals surface area contributed by atoms with Gasteiger partial charge in [-0.2, -0.15) is 13.0 Å². The molecule has 0 aliphatic heterocycles. The third kappa shape index (κ3) is 34.6. The number of fused-ring (bicyclic) bond motifs is 2. The van der Waals surface area contributed by atoms with Crippen LogP contribution in [0.25, 0.3) is 21.8 Å². The zero-order chi connectivity index (χ0) is 71.9. The zero-order valence-electron chi connectivity index (χ0n) is 59.1. The number of nitrogens with one attached hydrogen (secondary N) is 1. The lowest BCUT2D eigenvalue weighted by atomic mass is 10.0. The van der Waals surface area contributed by atoms with Crippen LogP contribution >= 0.6 is 0 Å². The first kappa shape index (κ1) is 86.3. The van der Waals surface area contributed by atoms with Crippen LogP contribution in [0, 0.1) is 13.8 Å². The van der Waals surface area contributed by atoms with Crippen molar-refractivity contribution >= 4 is 43.8 Å². The number of aliphatic hydroxyl groups is 1. The minimum Gasteiger partial charge on any atom is -0.462 e. The number of benzene rings is 3. The maximum Gasteiger partial charge on any atom is 0.345 e. The molecule has 0 radical (unpaired) electrons. The molecule has 0 bridgehead atoms. The summed E-state index contributed by atoms with van der Waals surface area (Å²) < 4.78 is 172. The fourth-order valence-electron chi connectivity index (χ4n) is 9.51. The summed E-state index contributed by atoms with van der Waals surface area (Å²) in [7, 11) is 7.95. The number of hydrogen-bond donors (Lipinski definition) is 3. The van der Waals surface area contributed by atoms with Crippen LogP contribution in [0.15, 0.2) is 48.5 Å². The third-order valence-electron chi connectivity index (χ3n) is 14.2. The van der Waals surface area contributed by atoms with Crippen LogP contribution in [0.5, 0.6) is 17.2 Å². The second-order valence-electron chi connectivity index (χ2n) is 22.1. The van der Waals surface area contributed by atoms with Gasteiger partial charge in [-0.05, 0) is 61.4 Å². The van der Waals surface area contributed by atoms with Crippen molar-refractivity contribution in [1.29, 1.82) is 0 Å². The minimum absolute atomic E-state index is 0.0128. The quantitative estimate of drug-likeness (QED) is 0.0109. The van der Waals surface area contributed by atoms with Crippen molar-refractivity contribution in [2.24, 2.45) is 0 Å². The summed E-state index contributed by atoms with van der Waals surface area (Å²) >= 11 is 0. The number of esters is 1. The van der Waals surface area contributed by atoms with E-state index in [2.05, 4.69) is 5.32 Å². The first-order chi connectivity index (χ1) is 48.1. The van der Waals surface area contributed by atoms with E-state index in [-0.39, 0.29) is 184 Å². The van der Waals surface area contributed by atoms with Gasteiger partial charge >= 0.3 is 5.97 Å². The number of pyridine rings is 1. The Kier molecular flexibility index (Phi) is 45.3. The predicted octanol–water partition coefficient (Wildman–Crippen LogP) is 3.33. The second-order valence-corrected chi connectivity index (χ2v) is 23.7. The maximum absolute atomic E-state index is 15.8. The van der Waals surface area contributed by atoms with Gasteiger partial charge in [-0.25, -0.2) is 4.79 Å². The second kappa shape index (κ2) is 52.0. The van der Waals surface area contributed by atoms with E-state index >= 15 is 4.79 Å². The van der Waals surface area contributed by atoms with Gasteiger partial charge in [0.25, 0.3) is 16.0 Å². The highest BCUT2D eigenvalue weighted by Crippen LogP contribution is 2.34. The molecule has 0 saturated carbocycles. The van der Waals surface area contributed by atoms with Crippen LogP contribution in [0.4, 0.5) is 0 Å². The summed E-state index contributed by atoms with van der Waals surface area (Å²) in [6.07, 6.45) is -5.40. The van der Waals surface area contributed by atoms with E-state index in [0.29, 0.717) is 68.4 Å². The molecule has 4 rings (SSSR count). The molecule has 99 heavy (non-hydrogen) atoms. The number of rotatable bonds is 62. The Labute approximate surface area is 581 Å². The Morgan fingerprint density at radius 1 is 0.485 bits per heavy atom. The summed E-state index contributed by atoms with van der Waals surface area (Å²) in [5.74, 6) is -1.49. The fraction of sp³-hybridized carbons (Fsp3) is 0.687. The number of carbonyl (C=O) groups is 2. The number of aliphatic hydroxyl groups excluding tert-OH is 1. The maximum atomic E-state index is 15.8. The van der Waals surface area contributed by atoms with Crippen LogP contribution < -0.4 is 24.1 Å². The zero-order valence-corrected chi connectivity index (χ0v) is 59.9. The number of carbonyl (C=O) groups excluding carboxylic acids is 2. The molecule has 3 atom stereocenters. The van der Waals surface area contributed by atoms with Gasteiger partial charge in [0, 0.05) is 87.5 Å². The van der Waals surface area contributed by atoms with E-state index in [4.69, 9.17) is 109 Å². The highest BCUT2D eigenvalue weighted by atomic mass is 32.2. The highest BCUT2D eigenvalue weighted by molar-refractivity contribution is 7.85. The Morgan fingerprint density at radius 2 is 0.859 bits per heavy atom. The topological polar surface area (TPSA) is 337 Å². The predicted molar refractivity (Wildman–Crippen MR) is 358 cm³/mol. The first-order valence-electron chi connectivity index (χ1n) is 32.6. The molecule has 3 aromatic carbocycles. The van der Waals surface area contributed by atoms with Gasteiger partial charge in [0.1, 0.15) is 61.7 Å². The van der Waals surface area contributed by atoms with E-state index in [1.54, 1.807) is 117 Å². The van der Waals surface area contributed by atoms with Crippen LogP contribution in [-0.2, 0) is 111 Å². The van der Waals surface area contributed by atoms with Gasteiger partial charge in [-0.3, -0.25) is 9.35 Å². The number of methoxy groups -OCH3 is 8. The van der Waals surface area contributed by atoms with E-state index in [1.807, 2.05) is 0 Å². The number of aromatic nitrogens is 1. The monoisotopic (exact) mass is 1440 g/mol. The Balaban J connectivity index is 2.07. The van der Waals surface area contributed by atoms with Crippen molar-refractivity contribution in [3.05, 3.63) is 70.8 Å². The lowest BCUT2D eigenvalue weighted by Crippen LogP contribution is -2.39. The lowest BCUT2D eigenvalue weighted by molar-refractivity contribution is -0.645. The molecule has 1 amide bonds. The van der Waals surface area contributed by atoms with Gasteiger partial charge in [0.05, 0.1) is 174 Å². The normalized spacial score (nSPS) is 13.0. The Morgan fingerprint density at radius 3 is 1.21 bits per heavy atom. The van der Waals surface area contributed by atoms with Crippen molar-refractivity contribution < 1.29 is 141 Å². The molecule has 31 nitrogen and oxygen atoms in total. The summed E-state index contributed by atoms with van der Waals surface area (Å²) in [5, 5.41) is 12.6. The molecular weight excluding hydrogens is 1330 g/mol. The van der Waals surface area contributed by atoms with Crippen molar-refractivity contribution in [3.63, 3.8) is 0 Å². The largest absolute Gasteiger partial charge is 0.462 e. The van der Waals surface area contributed by atoms with E-state index in [1.165, 1.54) is 7.11 Å². The average Bonchev–Trinajstić information content (AvgIpc) is 0.740. The number of hydrogen-bond acceptors (Lipinski definition) is 28. The van der Waals surface area contributed by atoms with Crippen LogP contribution in [-0.4, -0.2) is 308 Å². The van der Waals surface area contributed by atoms with Crippen LogP contribution in [0.2, 0.25) is 0 Å². The minimum atomic E-state index is -4.46. The van der Waals surface area contributed by atoms with Crippen molar-refractivity contribution in [1.82, 2.24) is 5.32 Å². The molecule has 0 fully saturated rings. The van der Waals surface area contributed by atoms with Gasteiger partial charge < -0.3 is 119 Å². The highest BCUT2D eigenvalue weighted by Gasteiger charge is 2.31. The Bertz CT molecular complexity index is 2890. The molecule has 0 aliphatic carbocycles. The summed E-state index contributed by atoms with van der Waals surface area (Å²) in [5.41, 5.74) is 1.89. The van der Waals surface area contributed by atoms with Crippen molar-refractivity contribution in [3.8, 4) is 17.2 Å². The van der Waals surface area contributed by atoms with Crippen molar-refractivity contribution in [2.75, 3.05) is 241 Å². The molecule has 564 valence electrons. The first-order valence-corrected chi connectivity index (χ1v) is 34.2. The van der Waals surface area contributed by atoms with Crippen molar-refractivity contribution in [2.45, 2.75) is 63.8 Å².